The van der Waals surface area contributed by atoms with Gasteiger partial charge in [0.15, 0.2) is 0 Å². The van der Waals surface area contributed by atoms with E-state index >= 15 is 0 Å². The van der Waals surface area contributed by atoms with Crippen LogP contribution in [0.25, 0.3) is 0 Å². The van der Waals surface area contributed by atoms with Crippen molar-refractivity contribution in [3.8, 4) is 0 Å². The van der Waals surface area contributed by atoms with Gasteiger partial charge in [-0.3, -0.25) is 4.90 Å². The van der Waals surface area contributed by atoms with Crippen LogP contribution in [0.4, 0.5) is 0 Å². The molecule has 0 spiro atoms. The zero-order valence-electron chi connectivity index (χ0n) is 12.3. The highest BCUT2D eigenvalue weighted by atomic mass is 16.3. The van der Waals surface area contributed by atoms with Crippen molar-refractivity contribution in [3.63, 3.8) is 0 Å². The Morgan fingerprint density at radius 1 is 1.33 bits per heavy atom. The maximum absolute atomic E-state index is 9.53. The van der Waals surface area contributed by atoms with Gasteiger partial charge < -0.3 is 10.4 Å². The van der Waals surface area contributed by atoms with Gasteiger partial charge in [0, 0.05) is 17.6 Å². The molecule has 0 radical (unpaired) electrons. The molecule has 3 nitrogen and oxygen atoms in total. The standard InChI is InChI=1S/C15H30N2O/c1-12(10-15(2,11-18)16-3)17-9-8-13-6-4-5-7-14(13)17/h12-14,16,18H,4-11H2,1-3H3. The van der Waals surface area contributed by atoms with Crippen molar-refractivity contribution in [1.29, 1.82) is 0 Å². The van der Waals surface area contributed by atoms with Gasteiger partial charge in [0.2, 0.25) is 0 Å². The van der Waals surface area contributed by atoms with E-state index in [0.717, 1.165) is 18.4 Å². The van der Waals surface area contributed by atoms with Crippen molar-refractivity contribution in [2.75, 3.05) is 20.2 Å². The summed E-state index contributed by atoms with van der Waals surface area (Å²) in [6.07, 6.45) is 8.11. The first kappa shape index (κ1) is 14.3. The fourth-order valence-electron chi connectivity index (χ4n) is 4.00. The van der Waals surface area contributed by atoms with E-state index in [0.29, 0.717) is 6.04 Å². The number of rotatable bonds is 5. The first-order valence-corrected chi connectivity index (χ1v) is 7.65. The molecule has 4 atom stereocenters. The lowest BCUT2D eigenvalue weighted by molar-refractivity contribution is 0.0932. The fourth-order valence-corrected chi connectivity index (χ4v) is 4.00. The lowest BCUT2D eigenvalue weighted by Gasteiger charge is -2.39. The van der Waals surface area contributed by atoms with Gasteiger partial charge in [-0.15, -0.1) is 0 Å². The predicted octanol–water partition coefficient (Wildman–Crippen LogP) is 2.00. The number of likely N-dealkylation sites (tertiary alicyclic amines) is 1. The summed E-state index contributed by atoms with van der Waals surface area (Å²) < 4.78 is 0. The number of fused-ring (bicyclic) bond motifs is 1. The number of hydrogen-bond donors (Lipinski definition) is 2. The normalized spacial score (nSPS) is 34.0. The van der Waals surface area contributed by atoms with Gasteiger partial charge >= 0.3 is 0 Å². The maximum Gasteiger partial charge on any atom is 0.0611 e. The Morgan fingerprint density at radius 2 is 2.06 bits per heavy atom. The van der Waals surface area contributed by atoms with Gasteiger partial charge in [-0.2, -0.15) is 0 Å². The number of aliphatic hydroxyl groups is 1. The molecule has 2 rings (SSSR count). The third kappa shape index (κ3) is 2.89. The monoisotopic (exact) mass is 254 g/mol. The van der Waals surface area contributed by atoms with Crippen LogP contribution in [0.15, 0.2) is 0 Å². The summed E-state index contributed by atoms with van der Waals surface area (Å²) in [5.74, 6) is 0.955. The average molecular weight is 254 g/mol. The molecule has 106 valence electrons. The molecule has 18 heavy (non-hydrogen) atoms. The Kier molecular flexibility index (Phi) is 4.68. The number of nitrogens with zero attached hydrogens (tertiary/aromatic N) is 1. The van der Waals surface area contributed by atoms with Crippen LogP contribution in [0.2, 0.25) is 0 Å². The first-order chi connectivity index (χ1) is 8.59. The predicted molar refractivity (Wildman–Crippen MR) is 75.7 cm³/mol. The minimum absolute atomic E-state index is 0.133. The molecule has 2 aliphatic rings. The molecule has 1 aliphatic heterocycles. The smallest absolute Gasteiger partial charge is 0.0611 e. The molecule has 2 fully saturated rings. The Labute approximate surface area is 112 Å². The maximum atomic E-state index is 9.53. The van der Waals surface area contributed by atoms with Gasteiger partial charge in [-0.25, -0.2) is 0 Å². The topological polar surface area (TPSA) is 35.5 Å². The number of nitrogens with one attached hydrogen (secondary N) is 1. The summed E-state index contributed by atoms with van der Waals surface area (Å²) in [7, 11) is 1.95. The van der Waals surface area contributed by atoms with Crippen molar-refractivity contribution in [1.82, 2.24) is 10.2 Å². The van der Waals surface area contributed by atoms with Crippen LogP contribution in [-0.2, 0) is 0 Å². The van der Waals surface area contributed by atoms with E-state index in [1.54, 1.807) is 0 Å². The minimum Gasteiger partial charge on any atom is -0.394 e. The Morgan fingerprint density at radius 3 is 2.72 bits per heavy atom. The van der Waals surface area contributed by atoms with Crippen LogP contribution in [0.1, 0.15) is 52.4 Å². The van der Waals surface area contributed by atoms with Crippen molar-refractivity contribution < 1.29 is 5.11 Å². The first-order valence-electron chi connectivity index (χ1n) is 7.65. The van der Waals surface area contributed by atoms with Gasteiger partial charge in [-0.1, -0.05) is 12.8 Å². The third-order valence-electron chi connectivity index (χ3n) is 5.32. The van der Waals surface area contributed by atoms with E-state index in [1.807, 2.05) is 7.05 Å². The molecule has 4 unspecified atom stereocenters. The Bertz CT molecular complexity index is 265. The van der Waals surface area contributed by atoms with Gasteiger partial charge in [0.25, 0.3) is 0 Å². The van der Waals surface area contributed by atoms with Crippen LogP contribution in [-0.4, -0.2) is 47.8 Å². The molecule has 1 aliphatic carbocycles. The number of hydrogen-bond acceptors (Lipinski definition) is 3. The van der Waals surface area contributed by atoms with E-state index < -0.39 is 0 Å². The van der Waals surface area contributed by atoms with E-state index in [2.05, 4.69) is 24.1 Å². The Hall–Kier alpha value is -0.120. The molecular formula is C15H30N2O. The molecule has 0 aromatic rings. The zero-order valence-corrected chi connectivity index (χ0v) is 12.3. The summed E-state index contributed by atoms with van der Waals surface area (Å²) in [5.41, 5.74) is -0.133. The van der Waals surface area contributed by atoms with Crippen LogP contribution in [0.5, 0.6) is 0 Å². The second kappa shape index (κ2) is 5.89. The molecule has 1 heterocycles. The van der Waals surface area contributed by atoms with Gasteiger partial charge in [0.1, 0.15) is 0 Å². The molecule has 3 heteroatoms. The molecule has 0 aromatic carbocycles. The molecule has 1 saturated heterocycles. The molecule has 0 bridgehead atoms. The number of aliphatic hydroxyl groups excluding tert-OH is 1. The summed E-state index contributed by atoms with van der Waals surface area (Å²) in [5, 5.41) is 12.8. The quantitative estimate of drug-likeness (QED) is 0.788. The molecule has 1 saturated carbocycles. The second-order valence-electron chi connectivity index (χ2n) is 6.66. The van der Waals surface area contributed by atoms with Crippen LogP contribution in [0, 0.1) is 5.92 Å². The van der Waals surface area contributed by atoms with Crippen LogP contribution >= 0.6 is 0 Å². The fraction of sp³-hybridized carbons (Fsp3) is 1.00. The highest BCUT2D eigenvalue weighted by Crippen LogP contribution is 2.38. The minimum atomic E-state index is -0.133. The number of likely N-dealkylation sites (N-methyl/N-ethyl adjacent to an activating group) is 1. The van der Waals surface area contributed by atoms with Crippen LogP contribution in [0.3, 0.4) is 0 Å². The summed E-state index contributed by atoms with van der Waals surface area (Å²) in [4.78, 5) is 2.72. The summed E-state index contributed by atoms with van der Waals surface area (Å²) >= 11 is 0. The summed E-state index contributed by atoms with van der Waals surface area (Å²) in [6.45, 7) is 5.94. The van der Waals surface area contributed by atoms with E-state index in [4.69, 9.17) is 0 Å². The second-order valence-corrected chi connectivity index (χ2v) is 6.66. The average Bonchev–Trinajstić information content (AvgIpc) is 2.82. The lowest BCUT2D eigenvalue weighted by Crippen LogP contribution is -2.50. The Balaban J connectivity index is 1.94. The third-order valence-corrected chi connectivity index (χ3v) is 5.32. The van der Waals surface area contributed by atoms with Gasteiger partial charge in [0.05, 0.1) is 6.61 Å². The van der Waals surface area contributed by atoms with E-state index in [-0.39, 0.29) is 12.1 Å². The van der Waals surface area contributed by atoms with E-state index in [9.17, 15) is 5.11 Å². The van der Waals surface area contributed by atoms with Crippen molar-refractivity contribution >= 4 is 0 Å². The van der Waals surface area contributed by atoms with Crippen molar-refractivity contribution in [2.45, 2.75) is 70.0 Å². The highest BCUT2D eigenvalue weighted by Gasteiger charge is 2.39. The highest BCUT2D eigenvalue weighted by molar-refractivity contribution is 4.94. The lowest BCUT2D eigenvalue weighted by atomic mass is 9.84. The van der Waals surface area contributed by atoms with Crippen LogP contribution < -0.4 is 5.32 Å². The molecule has 0 amide bonds. The molecular weight excluding hydrogens is 224 g/mol. The van der Waals surface area contributed by atoms with Gasteiger partial charge in [-0.05, 0) is 59.0 Å². The van der Waals surface area contributed by atoms with Crippen molar-refractivity contribution in [2.24, 2.45) is 5.92 Å². The molecule has 0 aromatic heterocycles. The zero-order chi connectivity index (χ0) is 13.2. The van der Waals surface area contributed by atoms with Crippen molar-refractivity contribution in [3.05, 3.63) is 0 Å². The summed E-state index contributed by atoms with van der Waals surface area (Å²) in [6, 6.07) is 1.40. The largest absolute Gasteiger partial charge is 0.394 e. The van der Waals surface area contributed by atoms with E-state index in [1.165, 1.54) is 38.6 Å². The molecule has 2 N–H and O–H groups in total. The SMILES string of the molecule is CNC(C)(CO)CC(C)N1CCC2CCCCC21.